The first kappa shape index (κ1) is 13.2. The second-order valence-electron chi connectivity index (χ2n) is 4.55. The molecule has 0 radical (unpaired) electrons. The lowest BCUT2D eigenvalue weighted by molar-refractivity contribution is 0.559. The van der Waals surface area contributed by atoms with Crippen LogP contribution in [0.5, 0.6) is 0 Å². The SMILES string of the molecule is CCC(C)CN(C)c1cc(Cl)c(N)cc1C. The zero-order chi connectivity index (χ0) is 12.3. The second-order valence-corrected chi connectivity index (χ2v) is 4.96. The van der Waals surface area contributed by atoms with E-state index >= 15 is 0 Å². The Morgan fingerprint density at radius 1 is 1.44 bits per heavy atom. The van der Waals surface area contributed by atoms with Crippen molar-refractivity contribution in [2.75, 3.05) is 24.2 Å². The fourth-order valence-electron chi connectivity index (χ4n) is 1.80. The van der Waals surface area contributed by atoms with E-state index < -0.39 is 0 Å². The molecular formula is C13H21ClN2. The van der Waals surface area contributed by atoms with Gasteiger partial charge in [-0.05, 0) is 30.5 Å². The van der Waals surface area contributed by atoms with Gasteiger partial charge < -0.3 is 10.6 Å². The molecule has 0 saturated heterocycles. The highest BCUT2D eigenvalue weighted by Gasteiger charge is 2.10. The molecule has 90 valence electrons. The van der Waals surface area contributed by atoms with Crippen molar-refractivity contribution in [3.8, 4) is 0 Å². The van der Waals surface area contributed by atoms with Gasteiger partial charge in [0.1, 0.15) is 0 Å². The zero-order valence-corrected chi connectivity index (χ0v) is 11.3. The quantitative estimate of drug-likeness (QED) is 0.813. The first-order chi connectivity index (χ1) is 7.45. The van der Waals surface area contributed by atoms with Gasteiger partial charge in [-0.1, -0.05) is 31.9 Å². The second kappa shape index (κ2) is 5.44. The van der Waals surface area contributed by atoms with E-state index in [4.69, 9.17) is 17.3 Å². The number of rotatable bonds is 4. The molecule has 0 aliphatic rings. The fraction of sp³-hybridized carbons (Fsp3) is 0.538. The smallest absolute Gasteiger partial charge is 0.0656 e. The standard InChI is InChI=1S/C13H21ClN2/c1-5-9(2)8-16(4)13-7-11(14)12(15)6-10(13)3/h6-7,9H,5,8,15H2,1-4H3. The number of aryl methyl sites for hydroxylation is 1. The van der Waals surface area contributed by atoms with Crippen molar-refractivity contribution >= 4 is 23.0 Å². The number of halogens is 1. The molecule has 16 heavy (non-hydrogen) atoms. The third kappa shape index (κ3) is 3.05. The summed E-state index contributed by atoms with van der Waals surface area (Å²) in [4.78, 5) is 2.24. The van der Waals surface area contributed by atoms with Crippen LogP contribution in [0.4, 0.5) is 11.4 Å². The van der Waals surface area contributed by atoms with Gasteiger partial charge in [0.05, 0.1) is 10.7 Å². The van der Waals surface area contributed by atoms with Crippen molar-refractivity contribution in [1.29, 1.82) is 0 Å². The molecule has 1 unspecified atom stereocenters. The van der Waals surface area contributed by atoms with E-state index in [0.29, 0.717) is 16.6 Å². The molecule has 1 rings (SSSR count). The number of hydrogen-bond donors (Lipinski definition) is 1. The van der Waals surface area contributed by atoms with E-state index in [2.05, 4.69) is 32.7 Å². The predicted molar refractivity (Wildman–Crippen MR) is 73.3 cm³/mol. The minimum absolute atomic E-state index is 0.636. The van der Waals surface area contributed by atoms with Crippen LogP contribution in [0.1, 0.15) is 25.8 Å². The largest absolute Gasteiger partial charge is 0.398 e. The van der Waals surface area contributed by atoms with Gasteiger partial charge in [-0.2, -0.15) is 0 Å². The van der Waals surface area contributed by atoms with Gasteiger partial charge in [-0.3, -0.25) is 0 Å². The summed E-state index contributed by atoms with van der Waals surface area (Å²) in [5.74, 6) is 0.681. The van der Waals surface area contributed by atoms with E-state index in [9.17, 15) is 0 Å². The van der Waals surface area contributed by atoms with Crippen molar-refractivity contribution < 1.29 is 0 Å². The highest BCUT2D eigenvalue weighted by molar-refractivity contribution is 6.33. The first-order valence-corrected chi connectivity index (χ1v) is 6.10. The number of hydrogen-bond acceptors (Lipinski definition) is 2. The summed E-state index contributed by atoms with van der Waals surface area (Å²) in [6, 6.07) is 3.89. The Hall–Kier alpha value is -0.890. The van der Waals surface area contributed by atoms with Gasteiger partial charge >= 0.3 is 0 Å². The molecule has 3 heteroatoms. The monoisotopic (exact) mass is 240 g/mol. The Morgan fingerprint density at radius 3 is 2.62 bits per heavy atom. The van der Waals surface area contributed by atoms with Gasteiger partial charge in [0.25, 0.3) is 0 Å². The molecule has 2 N–H and O–H groups in total. The average molecular weight is 241 g/mol. The predicted octanol–water partition coefficient (Wildman–Crippen LogP) is 3.71. The third-order valence-corrected chi connectivity index (χ3v) is 3.34. The van der Waals surface area contributed by atoms with Crippen molar-refractivity contribution in [2.45, 2.75) is 27.2 Å². The van der Waals surface area contributed by atoms with Gasteiger partial charge in [-0.15, -0.1) is 0 Å². The highest BCUT2D eigenvalue weighted by atomic mass is 35.5. The molecule has 2 nitrogen and oxygen atoms in total. The highest BCUT2D eigenvalue weighted by Crippen LogP contribution is 2.29. The maximum Gasteiger partial charge on any atom is 0.0656 e. The van der Waals surface area contributed by atoms with Gasteiger partial charge in [0, 0.05) is 19.3 Å². The minimum atomic E-state index is 0.636. The maximum atomic E-state index is 6.05. The molecule has 0 aliphatic heterocycles. The Balaban J connectivity index is 2.91. The van der Waals surface area contributed by atoms with Crippen LogP contribution >= 0.6 is 11.6 Å². The van der Waals surface area contributed by atoms with Crippen molar-refractivity contribution in [1.82, 2.24) is 0 Å². The van der Waals surface area contributed by atoms with E-state index in [1.807, 2.05) is 12.1 Å². The fourth-order valence-corrected chi connectivity index (χ4v) is 1.96. The van der Waals surface area contributed by atoms with E-state index in [0.717, 1.165) is 6.54 Å². The number of nitrogen functional groups attached to an aromatic ring is 1. The van der Waals surface area contributed by atoms with Crippen LogP contribution in [0, 0.1) is 12.8 Å². The van der Waals surface area contributed by atoms with Crippen molar-refractivity contribution in [3.05, 3.63) is 22.7 Å². The van der Waals surface area contributed by atoms with Crippen LogP contribution in [0.3, 0.4) is 0 Å². The Bertz CT molecular complexity index is 363. The summed E-state index contributed by atoms with van der Waals surface area (Å²) < 4.78 is 0. The van der Waals surface area contributed by atoms with Gasteiger partial charge in [0.2, 0.25) is 0 Å². The molecule has 0 aliphatic carbocycles. The number of nitrogens with zero attached hydrogens (tertiary/aromatic N) is 1. The summed E-state index contributed by atoms with van der Waals surface area (Å²) in [7, 11) is 2.10. The molecule has 0 fully saturated rings. The normalized spacial score (nSPS) is 12.6. The lowest BCUT2D eigenvalue weighted by Gasteiger charge is -2.25. The van der Waals surface area contributed by atoms with Crippen LogP contribution < -0.4 is 10.6 Å². The number of nitrogens with two attached hydrogens (primary N) is 1. The minimum Gasteiger partial charge on any atom is -0.398 e. The van der Waals surface area contributed by atoms with Crippen molar-refractivity contribution in [3.63, 3.8) is 0 Å². The summed E-state index contributed by atoms with van der Waals surface area (Å²) in [5.41, 5.74) is 8.76. The van der Waals surface area contributed by atoms with Gasteiger partial charge in [-0.25, -0.2) is 0 Å². The third-order valence-electron chi connectivity index (χ3n) is 3.01. The first-order valence-electron chi connectivity index (χ1n) is 5.72. The maximum absolute atomic E-state index is 6.05. The summed E-state index contributed by atoms with van der Waals surface area (Å²) in [6.07, 6.45) is 1.19. The Morgan fingerprint density at radius 2 is 2.06 bits per heavy atom. The molecule has 0 saturated carbocycles. The summed E-state index contributed by atoms with van der Waals surface area (Å²) in [6.45, 7) is 7.57. The van der Waals surface area contributed by atoms with E-state index in [-0.39, 0.29) is 0 Å². The van der Waals surface area contributed by atoms with Crippen LogP contribution in [0.2, 0.25) is 5.02 Å². The van der Waals surface area contributed by atoms with Crippen molar-refractivity contribution in [2.24, 2.45) is 5.92 Å². The number of benzene rings is 1. The lowest BCUT2D eigenvalue weighted by Crippen LogP contribution is -2.24. The van der Waals surface area contributed by atoms with Gasteiger partial charge in [0.15, 0.2) is 0 Å². The van der Waals surface area contributed by atoms with E-state index in [1.165, 1.54) is 17.7 Å². The molecule has 0 spiro atoms. The molecule has 0 heterocycles. The molecule has 1 aromatic carbocycles. The zero-order valence-electron chi connectivity index (χ0n) is 10.5. The van der Waals surface area contributed by atoms with Crippen LogP contribution in [0.15, 0.2) is 12.1 Å². The molecular weight excluding hydrogens is 220 g/mol. The lowest BCUT2D eigenvalue weighted by atomic mass is 10.1. The number of anilines is 2. The topological polar surface area (TPSA) is 29.3 Å². The summed E-state index contributed by atoms with van der Waals surface area (Å²) >= 11 is 6.05. The average Bonchev–Trinajstić information content (AvgIpc) is 2.23. The molecule has 0 bridgehead atoms. The van der Waals surface area contributed by atoms with Crippen LogP contribution in [-0.4, -0.2) is 13.6 Å². The molecule has 0 amide bonds. The summed E-state index contributed by atoms with van der Waals surface area (Å²) in [5, 5.41) is 0.636. The Labute approximate surface area is 103 Å². The Kier molecular flexibility index (Phi) is 4.48. The molecule has 0 aromatic heterocycles. The van der Waals surface area contributed by atoms with Crippen LogP contribution in [-0.2, 0) is 0 Å². The molecule has 1 aromatic rings. The molecule has 1 atom stereocenters. The van der Waals surface area contributed by atoms with Crippen LogP contribution in [0.25, 0.3) is 0 Å². The van der Waals surface area contributed by atoms with E-state index in [1.54, 1.807) is 0 Å².